The highest BCUT2D eigenvalue weighted by Crippen LogP contribution is 2.31. The molecular weight excluding hydrogens is 699 g/mol. The van der Waals surface area contributed by atoms with Gasteiger partial charge < -0.3 is 9.64 Å². The molecule has 0 radical (unpaired) electrons. The summed E-state index contributed by atoms with van der Waals surface area (Å²) < 4.78 is 8.87. The number of benzene rings is 2. The Bertz CT molecular complexity index is 1720. The van der Waals surface area contributed by atoms with Crippen LogP contribution < -0.4 is 15.2 Å². The highest BCUT2D eigenvalue weighted by molar-refractivity contribution is 7.17. The van der Waals surface area contributed by atoms with Crippen LogP contribution in [0.2, 0.25) is 0 Å². The maximum Gasteiger partial charge on any atom is 0.257 e. The van der Waals surface area contributed by atoms with E-state index in [4.69, 9.17) is 4.74 Å². The van der Waals surface area contributed by atoms with Crippen LogP contribution in [0, 0.1) is 0 Å². The number of hydrogen-bond acceptors (Lipinski definition) is 6. The Labute approximate surface area is 336 Å². The minimum absolute atomic E-state index is 0.109. The fraction of sp³-hybridized carbons (Fsp3) is 0.625. The van der Waals surface area contributed by atoms with E-state index >= 15 is 0 Å². The van der Waals surface area contributed by atoms with Crippen LogP contribution in [0.4, 0.5) is 5.69 Å². The zero-order valence-electron chi connectivity index (χ0n) is 34.3. The van der Waals surface area contributed by atoms with Crippen molar-refractivity contribution in [3.63, 3.8) is 0 Å². The quantitative estimate of drug-likeness (QED) is 0.0539. The number of thiophene rings is 1. The van der Waals surface area contributed by atoms with Gasteiger partial charge in [0.25, 0.3) is 5.56 Å². The van der Waals surface area contributed by atoms with Crippen LogP contribution in [0.3, 0.4) is 0 Å². The van der Waals surface area contributed by atoms with Gasteiger partial charge in [0.05, 0.1) is 12.1 Å². The van der Waals surface area contributed by atoms with Crippen molar-refractivity contribution in [2.24, 2.45) is 0 Å². The average Bonchev–Trinajstić information content (AvgIpc) is 3.70. The Morgan fingerprint density at radius 3 is 1.89 bits per heavy atom. The Morgan fingerprint density at radius 1 is 0.655 bits per heavy atom. The number of anilines is 1. The first kappa shape index (κ1) is 43.0. The molecule has 55 heavy (non-hydrogen) atoms. The normalized spacial score (nSPS) is 13.7. The first-order chi connectivity index (χ1) is 27.1. The van der Waals surface area contributed by atoms with Crippen molar-refractivity contribution in [1.82, 2.24) is 9.47 Å². The van der Waals surface area contributed by atoms with E-state index in [1.807, 2.05) is 35.6 Å². The molecule has 7 heteroatoms. The van der Waals surface area contributed by atoms with Crippen molar-refractivity contribution < 1.29 is 9.53 Å². The van der Waals surface area contributed by atoms with Gasteiger partial charge in [-0.15, -0.1) is 11.3 Å². The number of unbranched alkanes of at least 4 members (excludes halogenated alkanes) is 20. The zero-order chi connectivity index (χ0) is 38.3. The molecule has 3 heterocycles. The number of carbonyl (C=O) groups is 1. The van der Waals surface area contributed by atoms with Crippen molar-refractivity contribution in [1.29, 1.82) is 0 Å². The summed E-state index contributed by atoms with van der Waals surface area (Å²) in [5, 5.41) is 4.45. The molecule has 0 aliphatic carbocycles. The van der Waals surface area contributed by atoms with Crippen LogP contribution in [0.1, 0.15) is 159 Å². The van der Waals surface area contributed by atoms with E-state index in [1.54, 1.807) is 0 Å². The van der Waals surface area contributed by atoms with Gasteiger partial charge in [0, 0.05) is 60.5 Å². The fourth-order valence-corrected chi connectivity index (χ4v) is 9.10. The molecule has 6 nitrogen and oxygen atoms in total. The molecule has 0 bridgehead atoms. The van der Waals surface area contributed by atoms with Crippen LogP contribution in [-0.4, -0.2) is 54.7 Å². The molecule has 302 valence electrons. The van der Waals surface area contributed by atoms with Gasteiger partial charge in [0.1, 0.15) is 5.75 Å². The number of fused-ring (bicyclic) bond motifs is 2. The molecule has 4 aromatic rings. The molecule has 2 aromatic carbocycles. The lowest BCUT2D eigenvalue weighted by Crippen LogP contribution is -2.46. The van der Waals surface area contributed by atoms with Gasteiger partial charge in [0.2, 0.25) is 5.91 Å². The van der Waals surface area contributed by atoms with Crippen molar-refractivity contribution >= 4 is 43.9 Å². The number of piperazine rings is 1. The third-order valence-electron chi connectivity index (χ3n) is 11.7. The molecule has 5 rings (SSSR count). The molecule has 1 aliphatic heterocycles. The molecule has 1 fully saturated rings. The van der Waals surface area contributed by atoms with Gasteiger partial charge in [-0.3, -0.25) is 14.5 Å². The topological polar surface area (TPSA) is 54.8 Å². The Kier molecular flexibility index (Phi) is 19.7. The first-order valence-corrected chi connectivity index (χ1v) is 23.3. The van der Waals surface area contributed by atoms with Crippen LogP contribution in [0.15, 0.2) is 64.8 Å². The fourth-order valence-electron chi connectivity index (χ4n) is 8.30. The summed E-state index contributed by atoms with van der Waals surface area (Å²) >= 11 is 1.81. The lowest BCUT2D eigenvalue weighted by molar-refractivity contribution is 0.0900. The number of carbonyl (C=O) groups excluding carboxylic acids is 1. The van der Waals surface area contributed by atoms with E-state index in [-0.39, 0.29) is 11.5 Å². The molecule has 2 aromatic heterocycles. The van der Waals surface area contributed by atoms with E-state index in [1.165, 1.54) is 136 Å². The molecule has 1 aliphatic rings. The Morgan fingerprint density at radius 2 is 1.25 bits per heavy atom. The van der Waals surface area contributed by atoms with Crippen LogP contribution in [-0.2, 0) is 0 Å². The second kappa shape index (κ2) is 25.2. The molecule has 0 saturated carbocycles. The standard InChI is InChI=1S/C48H71N3O3S/c1-2-3-4-5-6-7-8-9-10-11-12-13-14-15-16-17-18-19-20-21-27-47(52)51-45-40-42(30-28-41(45)29-31-48(51)53)54-38-23-22-33-49-34-36-50(37-35-49)44-25-24-26-46-43(44)32-39-55-46/h24-26,28-32,39-40H,2-23,27,33-38H2,1H3. The molecule has 1 saturated heterocycles. The summed E-state index contributed by atoms with van der Waals surface area (Å²) in [5.41, 5.74) is 1.76. The third-order valence-corrected chi connectivity index (χ3v) is 12.6. The SMILES string of the molecule is CCCCCCCCCCCCCCCCCCCCCCC(=O)n1c(=O)ccc2ccc(OCCCCN3CCN(c4cccc5sccc45)CC3)cc21. The molecule has 0 amide bonds. The molecule has 0 spiro atoms. The highest BCUT2D eigenvalue weighted by Gasteiger charge is 2.19. The summed E-state index contributed by atoms with van der Waals surface area (Å²) in [7, 11) is 0. The molecule has 0 unspecified atom stereocenters. The third kappa shape index (κ3) is 14.7. The van der Waals surface area contributed by atoms with E-state index in [9.17, 15) is 9.59 Å². The van der Waals surface area contributed by atoms with Gasteiger partial charge >= 0.3 is 0 Å². The number of nitrogens with zero attached hydrogens (tertiary/aromatic N) is 3. The number of pyridine rings is 1. The smallest absolute Gasteiger partial charge is 0.257 e. The summed E-state index contributed by atoms with van der Waals surface area (Å²) in [6.07, 6.45) is 29.1. The highest BCUT2D eigenvalue weighted by atomic mass is 32.1. The molecular formula is C48H71N3O3S. The van der Waals surface area contributed by atoms with Gasteiger partial charge in [0.15, 0.2) is 0 Å². The van der Waals surface area contributed by atoms with E-state index in [2.05, 4.69) is 46.4 Å². The number of ether oxygens (including phenoxy) is 1. The van der Waals surface area contributed by atoms with E-state index in [0.717, 1.165) is 76.0 Å². The van der Waals surface area contributed by atoms with Gasteiger partial charge in [-0.25, -0.2) is 4.57 Å². The van der Waals surface area contributed by atoms with Crippen molar-refractivity contribution in [2.75, 3.05) is 44.2 Å². The summed E-state index contributed by atoms with van der Waals surface area (Å²) in [4.78, 5) is 31.3. The molecule has 0 atom stereocenters. The maximum absolute atomic E-state index is 13.3. The average molecular weight is 770 g/mol. The Balaban J connectivity index is 0.893. The summed E-state index contributed by atoms with van der Waals surface area (Å²) in [6, 6.07) is 18.0. The number of aromatic nitrogens is 1. The van der Waals surface area contributed by atoms with Crippen LogP contribution in [0.25, 0.3) is 21.0 Å². The minimum Gasteiger partial charge on any atom is -0.494 e. The zero-order valence-corrected chi connectivity index (χ0v) is 35.1. The van der Waals surface area contributed by atoms with Crippen molar-refractivity contribution in [3.8, 4) is 5.75 Å². The van der Waals surface area contributed by atoms with Crippen LogP contribution >= 0.6 is 11.3 Å². The van der Waals surface area contributed by atoms with E-state index in [0.29, 0.717) is 18.5 Å². The predicted molar refractivity (Wildman–Crippen MR) is 237 cm³/mol. The second-order valence-corrected chi connectivity index (χ2v) is 17.0. The minimum atomic E-state index is -0.255. The second-order valence-electron chi connectivity index (χ2n) is 16.1. The number of rotatable bonds is 28. The summed E-state index contributed by atoms with van der Waals surface area (Å²) in [5.74, 6) is 0.608. The predicted octanol–water partition coefficient (Wildman–Crippen LogP) is 13.0. The lowest BCUT2D eigenvalue weighted by Gasteiger charge is -2.36. The van der Waals surface area contributed by atoms with E-state index < -0.39 is 0 Å². The monoisotopic (exact) mass is 770 g/mol. The van der Waals surface area contributed by atoms with Crippen molar-refractivity contribution in [2.45, 2.75) is 155 Å². The summed E-state index contributed by atoms with van der Waals surface area (Å²) in [6.45, 7) is 8.26. The van der Waals surface area contributed by atoms with Crippen LogP contribution in [0.5, 0.6) is 5.75 Å². The Hall–Kier alpha value is -3.16. The number of hydrogen-bond donors (Lipinski definition) is 0. The van der Waals surface area contributed by atoms with Gasteiger partial charge in [-0.1, -0.05) is 135 Å². The first-order valence-electron chi connectivity index (χ1n) is 22.4. The van der Waals surface area contributed by atoms with Crippen molar-refractivity contribution in [3.05, 3.63) is 70.3 Å². The molecule has 0 N–H and O–H groups in total. The maximum atomic E-state index is 13.3. The lowest BCUT2D eigenvalue weighted by atomic mass is 10.0. The van der Waals surface area contributed by atoms with Gasteiger partial charge in [-0.2, -0.15) is 0 Å². The largest absolute Gasteiger partial charge is 0.494 e. The van der Waals surface area contributed by atoms with Gasteiger partial charge in [-0.05, 0) is 73.0 Å².